The Bertz CT molecular complexity index is 798. The van der Waals surface area contributed by atoms with Crippen LogP contribution in [-0.2, 0) is 0 Å². The summed E-state index contributed by atoms with van der Waals surface area (Å²) < 4.78 is 29.1. The van der Waals surface area contributed by atoms with Crippen molar-refractivity contribution in [3.05, 3.63) is 52.5 Å². The van der Waals surface area contributed by atoms with Crippen molar-refractivity contribution in [3.8, 4) is 17.1 Å². The van der Waals surface area contributed by atoms with Gasteiger partial charge in [0.05, 0.1) is 0 Å². The van der Waals surface area contributed by atoms with Crippen LogP contribution < -0.4 is 5.73 Å². The van der Waals surface area contributed by atoms with E-state index in [2.05, 4.69) is 31.5 Å². The summed E-state index contributed by atoms with van der Waals surface area (Å²) >= 11 is 3.31. The van der Waals surface area contributed by atoms with Gasteiger partial charge < -0.3 is 5.73 Å². The summed E-state index contributed by atoms with van der Waals surface area (Å²) in [5.41, 5.74) is 6.76. The van der Waals surface area contributed by atoms with Crippen molar-refractivity contribution in [3.63, 3.8) is 0 Å². The molecule has 1 heterocycles. The van der Waals surface area contributed by atoms with Crippen LogP contribution in [0.15, 0.2) is 40.9 Å². The second kappa shape index (κ2) is 5.21. The number of anilines is 1. The van der Waals surface area contributed by atoms with Gasteiger partial charge in [-0.1, -0.05) is 22.0 Å². The van der Waals surface area contributed by atoms with E-state index < -0.39 is 11.6 Å². The summed E-state index contributed by atoms with van der Waals surface area (Å²) in [6.07, 6.45) is 0. The maximum absolute atomic E-state index is 13.9. The van der Waals surface area contributed by atoms with E-state index in [0.29, 0.717) is 11.3 Å². The lowest BCUT2D eigenvalue weighted by Crippen LogP contribution is -2.04. The fourth-order valence-corrected chi connectivity index (χ4v) is 2.44. The molecule has 0 aliphatic rings. The van der Waals surface area contributed by atoms with Gasteiger partial charge in [-0.05, 0) is 40.8 Å². The summed E-state index contributed by atoms with van der Waals surface area (Å²) in [5, 5.41) is 11.1. The van der Waals surface area contributed by atoms with E-state index >= 15 is 0 Å². The lowest BCUT2D eigenvalue weighted by Gasteiger charge is -2.07. The molecule has 0 unspecified atom stereocenters. The fraction of sp³-hybridized carbons (Fsp3) is 0. The van der Waals surface area contributed by atoms with Gasteiger partial charge in [-0.2, -0.15) is 4.68 Å². The second-order valence-corrected chi connectivity index (χ2v) is 5.18. The lowest BCUT2D eigenvalue weighted by atomic mass is 10.2. The van der Waals surface area contributed by atoms with Crippen molar-refractivity contribution in [2.45, 2.75) is 0 Å². The molecule has 0 aliphatic heterocycles. The molecule has 0 atom stereocenters. The summed E-state index contributed by atoms with van der Waals surface area (Å²) in [7, 11) is 0. The van der Waals surface area contributed by atoms with E-state index in [9.17, 15) is 8.78 Å². The molecule has 0 saturated heterocycles. The highest BCUT2D eigenvalue weighted by atomic mass is 79.9. The van der Waals surface area contributed by atoms with E-state index in [4.69, 9.17) is 5.73 Å². The SMILES string of the molecule is Nc1cc(Br)cc(-c2nnnn2-c2cccc(F)c2F)c1. The quantitative estimate of drug-likeness (QED) is 0.720. The van der Waals surface area contributed by atoms with Crippen LogP contribution in [0, 0.1) is 11.6 Å². The highest BCUT2D eigenvalue weighted by molar-refractivity contribution is 9.10. The number of tetrazole rings is 1. The summed E-state index contributed by atoms with van der Waals surface area (Å²) in [4.78, 5) is 0. The van der Waals surface area contributed by atoms with Gasteiger partial charge in [-0.3, -0.25) is 0 Å². The zero-order valence-electron chi connectivity index (χ0n) is 10.5. The van der Waals surface area contributed by atoms with Crippen molar-refractivity contribution < 1.29 is 8.78 Å². The molecule has 21 heavy (non-hydrogen) atoms. The molecular formula is C13H8BrF2N5. The molecular weight excluding hydrogens is 344 g/mol. The number of nitrogen functional groups attached to an aromatic ring is 1. The van der Waals surface area contributed by atoms with Crippen LogP contribution >= 0.6 is 15.9 Å². The highest BCUT2D eigenvalue weighted by Gasteiger charge is 2.17. The Balaban J connectivity index is 2.19. The van der Waals surface area contributed by atoms with Gasteiger partial charge >= 0.3 is 0 Å². The largest absolute Gasteiger partial charge is 0.399 e. The first-order valence-corrected chi connectivity index (χ1v) is 6.65. The van der Waals surface area contributed by atoms with E-state index in [1.165, 1.54) is 12.1 Å². The number of hydrogen-bond donors (Lipinski definition) is 1. The van der Waals surface area contributed by atoms with Crippen LogP contribution in [0.4, 0.5) is 14.5 Å². The first kappa shape index (κ1) is 13.6. The molecule has 0 aliphatic carbocycles. The van der Waals surface area contributed by atoms with Crippen LogP contribution in [0.1, 0.15) is 0 Å². The van der Waals surface area contributed by atoms with Crippen molar-refractivity contribution in [2.75, 3.05) is 5.73 Å². The molecule has 106 valence electrons. The van der Waals surface area contributed by atoms with Gasteiger partial charge in [0, 0.05) is 15.7 Å². The Kier molecular flexibility index (Phi) is 3.38. The Morgan fingerprint density at radius 1 is 1.14 bits per heavy atom. The molecule has 0 fully saturated rings. The Morgan fingerprint density at radius 3 is 2.71 bits per heavy atom. The van der Waals surface area contributed by atoms with E-state index in [-0.39, 0.29) is 11.5 Å². The normalized spacial score (nSPS) is 10.8. The zero-order chi connectivity index (χ0) is 15.0. The second-order valence-electron chi connectivity index (χ2n) is 4.26. The van der Waals surface area contributed by atoms with E-state index in [0.717, 1.165) is 15.2 Å². The van der Waals surface area contributed by atoms with Gasteiger partial charge in [0.1, 0.15) is 5.69 Å². The molecule has 3 rings (SSSR count). The molecule has 8 heteroatoms. The summed E-state index contributed by atoms with van der Waals surface area (Å²) in [6.45, 7) is 0. The minimum Gasteiger partial charge on any atom is -0.399 e. The van der Waals surface area contributed by atoms with Gasteiger partial charge in [0.25, 0.3) is 0 Å². The number of rotatable bonds is 2. The molecule has 1 aromatic heterocycles. The third kappa shape index (κ3) is 2.49. The summed E-state index contributed by atoms with van der Waals surface area (Å²) in [5.74, 6) is -1.73. The Labute approximate surface area is 126 Å². The molecule has 0 saturated carbocycles. The third-order valence-electron chi connectivity index (χ3n) is 2.81. The Hall–Kier alpha value is -2.35. The fourth-order valence-electron chi connectivity index (χ4n) is 1.93. The van der Waals surface area contributed by atoms with Crippen LogP contribution in [0.25, 0.3) is 17.1 Å². The minimum atomic E-state index is -1.02. The number of hydrogen-bond acceptors (Lipinski definition) is 4. The first-order valence-electron chi connectivity index (χ1n) is 5.85. The summed E-state index contributed by atoms with van der Waals surface area (Å²) in [6, 6.07) is 8.88. The number of benzene rings is 2. The van der Waals surface area contributed by atoms with Gasteiger partial charge in [-0.25, -0.2) is 8.78 Å². The first-order chi connectivity index (χ1) is 10.1. The predicted molar refractivity (Wildman–Crippen MR) is 76.6 cm³/mol. The van der Waals surface area contributed by atoms with Crippen LogP contribution in [0.5, 0.6) is 0 Å². The number of aromatic nitrogens is 4. The van der Waals surface area contributed by atoms with E-state index in [1.54, 1.807) is 18.2 Å². The van der Waals surface area contributed by atoms with Crippen molar-refractivity contribution in [1.82, 2.24) is 20.2 Å². The Morgan fingerprint density at radius 2 is 1.95 bits per heavy atom. The van der Waals surface area contributed by atoms with Crippen molar-refractivity contribution in [1.29, 1.82) is 0 Å². The number of nitrogens with zero attached hydrogens (tertiary/aromatic N) is 4. The van der Waals surface area contributed by atoms with E-state index in [1.807, 2.05) is 0 Å². The van der Waals surface area contributed by atoms with Crippen molar-refractivity contribution in [2.24, 2.45) is 0 Å². The monoisotopic (exact) mass is 351 g/mol. The molecule has 0 amide bonds. The standard InChI is InChI=1S/C13H8BrF2N5/c14-8-4-7(5-9(17)6-8)13-18-19-20-21(13)11-3-1-2-10(15)12(11)16/h1-6H,17H2. The number of halogens is 3. The smallest absolute Gasteiger partial charge is 0.187 e. The van der Waals surface area contributed by atoms with Gasteiger partial charge in [-0.15, -0.1) is 5.10 Å². The topological polar surface area (TPSA) is 69.6 Å². The van der Waals surface area contributed by atoms with Crippen LogP contribution in [0.3, 0.4) is 0 Å². The van der Waals surface area contributed by atoms with Gasteiger partial charge in [0.15, 0.2) is 17.5 Å². The molecule has 2 N–H and O–H groups in total. The lowest BCUT2D eigenvalue weighted by molar-refractivity contribution is 0.501. The average molecular weight is 352 g/mol. The molecule has 0 bridgehead atoms. The highest BCUT2D eigenvalue weighted by Crippen LogP contribution is 2.27. The molecule has 0 radical (unpaired) electrons. The molecule has 2 aromatic carbocycles. The minimum absolute atomic E-state index is 0.0754. The van der Waals surface area contributed by atoms with Crippen LogP contribution in [-0.4, -0.2) is 20.2 Å². The molecule has 3 aromatic rings. The zero-order valence-corrected chi connectivity index (χ0v) is 12.1. The number of nitrogens with two attached hydrogens (primary N) is 1. The van der Waals surface area contributed by atoms with Crippen molar-refractivity contribution >= 4 is 21.6 Å². The predicted octanol–water partition coefficient (Wildman–Crippen LogP) is 2.95. The average Bonchev–Trinajstić information content (AvgIpc) is 2.90. The molecule has 5 nitrogen and oxygen atoms in total. The van der Waals surface area contributed by atoms with Gasteiger partial charge in [0.2, 0.25) is 0 Å². The molecule has 0 spiro atoms. The van der Waals surface area contributed by atoms with Crippen LogP contribution in [0.2, 0.25) is 0 Å². The maximum atomic E-state index is 13.9. The third-order valence-corrected chi connectivity index (χ3v) is 3.27. The maximum Gasteiger partial charge on any atom is 0.187 e.